The van der Waals surface area contributed by atoms with E-state index in [9.17, 15) is 14.4 Å². The van der Waals surface area contributed by atoms with Crippen molar-refractivity contribution in [3.63, 3.8) is 0 Å². The van der Waals surface area contributed by atoms with Crippen molar-refractivity contribution in [2.75, 3.05) is 11.9 Å². The Balaban J connectivity index is 1.64. The number of carbonyl (C=O) groups is 3. The Hall–Kier alpha value is -3.74. The Morgan fingerprint density at radius 2 is 1.58 bits per heavy atom. The van der Waals surface area contributed by atoms with Crippen molar-refractivity contribution in [1.82, 2.24) is 10.3 Å². The molecule has 2 aromatic carbocycles. The van der Waals surface area contributed by atoms with E-state index in [0.717, 1.165) is 10.8 Å². The second-order valence-corrected chi connectivity index (χ2v) is 5.47. The number of pyridine rings is 1. The van der Waals surface area contributed by atoms with E-state index in [0.29, 0.717) is 5.69 Å². The van der Waals surface area contributed by atoms with Gasteiger partial charge in [-0.15, -0.1) is 0 Å². The zero-order valence-corrected chi connectivity index (χ0v) is 13.6. The molecule has 0 saturated heterocycles. The van der Waals surface area contributed by atoms with Gasteiger partial charge >= 0.3 is 5.97 Å². The van der Waals surface area contributed by atoms with E-state index in [1.54, 1.807) is 6.07 Å². The van der Waals surface area contributed by atoms with Gasteiger partial charge in [0.2, 0.25) is 5.91 Å². The first-order chi connectivity index (χ1) is 12.5. The molecule has 7 nitrogen and oxygen atoms in total. The van der Waals surface area contributed by atoms with Gasteiger partial charge in [-0.3, -0.25) is 9.59 Å². The summed E-state index contributed by atoms with van der Waals surface area (Å²) in [6.07, 6.45) is 0. The van der Waals surface area contributed by atoms with Gasteiger partial charge in [0.05, 0.1) is 6.54 Å². The summed E-state index contributed by atoms with van der Waals surface area (Å²) in [5, 5.41) is 16.0. The fourth-order valence-corrected chi connectivity index (χ4v) is 2.46. The molecule has 0 aliphatic carbocycles. The maximum atomic E-state index is 12.1. The maximum absolute atomic E-state index is 12.1. The van der Waals surface area contributed by atoms with Crippen LogP contribution < -0.4 is 10.6 Å². The Labute approximate surface area is 148 Å². The highest BCUT2D eigenvalue weighted by atomic mass is 16.4. The summed E-state index contributed by atoms with van der Waals surface area (Å²) in [6.45, 7) is -0.263. The number of hydrogen-bond donors (Lipinski definition) is 3. The lowest BCUT2D eigenvalue weighted by molar-refractivity contribution is -0.115. The number of rotatable bonds is 5. The van der Waals surface area contributed by atoms with Gasteiger partial charge in [-0.25, -0.2) is 9.78 Å². The molecule has 2 amide bonds. The summed E-state index contributed by atoms with van der Waals surface area (Å²) in [5.74, 6) is -2.25. The van der Waals surface area contributed by atoms with Crippen molar-refractivity contribution >= 4 is 34.2 Å². The third-order valence-corrected chi connectivity index (χ3v) is 3.67. The number of aromatic carboxylic acids is 1. The predicted molar refractivity (Wildman–Crippen MR) is 96.1 cm³/mol. The molecule has 0 atom stereocenters. The van der Waals surface area contributed by atoms with Crippen LogP contribution in [0.1, 0.15) is 21.0 Å². The quantitative estimate of drug-likeness (QED) is 0.655. The molecule has 130 valence electrons. The molecule has 1 aromatic heterocycles. The molecule has 0 aliphatic rings. The van der Waals surface area contributed by atoms with Crippen LogP contribution in [-0.4, -0.2) is 34.4 Å². The number of carbonyl (C=O) groups excluding carboxylic acids is 2. The van der Waals surface area contributed by atoms with Crippen molar-refractivity contribution in [3.05, 3.63) is 72.1 Å². The van der Waals surface area contributed by atoms with Gasteiger partial charge in [-0.2, -0.15) is 0 Å². The molecule has 0 aliphatic heterocycles. The molecule has 3 N–H and O–H groups in total. The van der Waals surface area contributed by atoms with Gasteiger partial charge in [0.15, 0.2) is 0 Å². The van der Waals surface area contributed by atoms with Crippen LogP contribution in [0.4, 0.5) is 5.69 Å². The first kappa shape index (κ1) is 17.1. The minimum atomic E-state index is -1.23. The molecule has 3 rings (SSSR count). The van der Waals surface area contributed by atoms with Gasteiger partial charge in [0.25, 0.3) is 5.91 Å². The van der Waals surface area contributed by atoms with Gasteiger partial charge in [0.1, 0.15) is 11.4 Å². The number of carboxylic acid groups (broad SMARTS) is 1. The van der Waals surface area contributed by atoms with Gasteiger partial charge in [0, 0.05) is 11.1 Å². The van der Waals surface area contributed by atoms with Crippen molar-refractivity contribution < 1.29 is 19.5 Å². The Morgan fingerprint density at radius 3 is 2.38 bits per heavy atom. The van der Waals surface area contributed by atoms with Crippen LogP contribution >= 0.6 is 0 Å². The molecular weight excluding hydrogens is 334 g/mol. The highest BCUT2D eigenvalue weighted by Crippen LogP contribution is 2.22. The molecule has 7 heteroatoms. The minimum Gasteiger partial charge on any atom is -0.477 e. The summed E-state index contributed by atoms with van der Waals surface area (Å²) < 4.78 is 0. The van der Waals surface area contributed by atoms with Crippen molar-refractivity contribution in [2.45, 2.75) is 0 Å². The number of aromatic nitrogens is 1. The van der Waals surface area contributed by atoms with Gasteiger partial charge in [-0.1, -0.05) is 42.5 Å². The standard InChI is InChI=1S/C19H15N3O4/c23-17(22-14-8-3-6-12-5-1-2-7-13(12)14)11-20-18(24)15-9-4-10-16(21-15)19(25)26/h1-10H,11H2,(H,20,24)(H,22,23)(H,25,26). The van der Waals surface area contributed by atoms with Crippen molar-refractivity contribution in [2.24, 2.45) is 0 Å². The van der Waals surface area contributed by atoms with E-state index < -0.39 is 17.8 Å². The summed E-state index contributed by atoms with van der Waals surface area (Å²) in [4.78, 5) is 38.8. The van der Waals surface area contributed by atoms with E-state index in [4.69, 9.17) is 5.11 Å². The predicted octanol–water partition coefficient (Wildman–Crippen LogP) is 2.30. The van der Waals surface area contributed by atoms with Crippen LogP contribution in [0.2, 0.25) is 0 Å². The number of hydrogen-bond acceptors (Lipinski definition) is 4. The van der Waals surface area contributed by atoms with E-state index in [1.165, 1.54) is 18.2 Å². The second-order valence-electron chi connectivity index (χ2n) is 5.47. The molecule has 0 radical (unpaired) electrons. The highest BCUT2D eigenvalue weighted by molar-refractivity contribution is 6.04. The van der Waals surface area contributed by atoms with Crippen molar-refractivity contribution in [3.8, 4) is 0 Å². The fourth-order valence-electron chi connectivity index (χ4n) is 2.46. The molecular formula is C19H15N3O4. The number of benzene rings is 2. The molecule has 26 heavy (non-hydrogen) atoms. The Bertz CT molecular complexity index is 996. The average Bonchev–Trinajstić information content (AvgIpc) is 2.66. The molecule has 0 unspecified atom stereocenters. The Kier molecular flexibility index (Phi) is 4.89. The number of carboxylic acids is 1. The lowest BCUT2D eigenvalue weighted by Crippen LogP contribution is -2.33. The number of nitrogens with zero attached hydrogens (tertiary/aromatic N) is 1. The minimum absolute atomic E-state index is 0.0668. The molecule has 0 saturated carbocycles. The number of fused-ring (bicyclic) bond motifs is 1. The summed E-state index contributed by atoms with van der Waals surface area (Å²) >= 11 is 0. The van der Waals surface area contributed by atoms with Gasteiger partial charge in [-0.05, 0) is 23.6 Å². The lowest BCUT2D eigenvalue weighted by atomic mass is 10.1. The van der Waals surface area contributed by atoms with Crippen molar-refractivity contribution in [1.29, 1.82) is 0 Å². The monoisotopic (exact) mass is 349 g/mol. The largest absolute Gasteiger partial charge is 0.477 e. The molecule has 3 aromatic rings. The fraction of sp³-hybridized carbons (Fsp3) is 0.0526. The normalized spacial score (nSPS) is 10.3. The van der Waals surface area contributed by atoms with Crippen LogP contribution in [0.25, 0.3) is 10.8 Å². The first-order valence-corrected chi connectivity index (χ1v) is 7.81. The number of amides is 2. The highest BCUT2D eigenvalue weighted by Gasteiger charge is 2.13. The van der Waals surface area contributed by atoms with Crippen LogP contribution in [-0.2, 0) is 4.79 Å². The smallest absolute Gasteiger partial charge is 0.354 e. The van der Waals surface area contributed by atoms with Crippen LogP contribution in [0.5, 0.6) is 0 Å². The van der Waals surface area contributed by atoms with Crippen LogP contribution in [0, 0.1) is 0 Å². The maximum Gasteiger partial charge on any atom is 0.354 e. The third-order valence-electron chi connectivity index (χ3n) is 3.67. The summed E-state index contributed by atoms with van der Waals surface area (Å²) in [6, 6.07) is 17.2. The van der Waals surface area contributed by atoms with Crippen LogP contribution in [0.3, 0.4) is 0 Å². The topological polar surface area (TPSA) is 108 Å². The zero-order chi connectivity index (χ0) is 18.5. The van der Waals surface area contributed by atoms with E-state index in [-0.39, 0.29) is 17.9 Å². The lowest BCUT2D eigenvalue weighted by Gasteiger charge is -2.09. The number of nitrogens with one attached hydrogen (secondary N) is 2. The second kappa shape index (κ2) is 7.43. The summed E-state index contributed by atoms with van der Waals surface area (Å²) in [5.41, 5.74) is 0.342. The average molecular weight is 349 g/mol. The molecule has 1 heterocycles. The van der Waals surface area contributed by atoms with Gasteiger partial charge < -0.3 is 15.7 Å². The third kappa shape index (κ3) is 3.84. The van der Waals surface area contributed by atoms with Crippen LogP contribution in [0.15, 0.2) is 60.7 Å². The molecule has 0 bridgehead atoms. The SMILES string of the molecule is O=C(CNC(=O)c1cccc(C(=O)O)n1)Nc1cccc2ccccc12. The summed E-state index contributed by atoms with van der Waals surface area (Å²) in [7, 11) is 0. The first-order valence-electron chi connectivity index (χ1n) is 7.81. The zero-order valence-electron chi connectivity index (χ0n) is 13.6. The molecule has 0 spiro atoms. The number of anilines is 1. The van der Waals surface area contributed by atoms with E-state index in [1.807, 2.05) is 36.4 Å². The Morgan fingerprint density at radius 1 is 0.885 bits per heavy atom. The van der Waals surface area contributed by atoms with E-state index >= 15 is 0 Å². The van der Waals surface area contributed by atoms with E-state index in [2.05, 4.69) is 15.6 Å². The molecule has 0 fully saturated rings.